The quantitative estimate of drug-likeness (QED) is 0.690. The van der Waals surface area contributed by atoms with Gasteiger partial charge >= 0.3 is 0 Å². The first-order valence-electron chi connectivity index (χ1n) is 9.96. The Morgan fingerprint density at radius 2 is 1.97 bits per heavy atom. The maximum absolute atomic E-state index is 13.0. The van der Waals surface area contributed by atoms with Crippen LogP contribution in [0.1, 0.15) is 59.5 Å². The number of benzene rings is 1. The summed E-state index contributed by atoms with van der Waals surface area (Å²) in [4.78, 5) is 30.4. The molecule has 2 heterocycles. The summed E-state index contributed by atoms with van der Waals surface area (Å²) in [5.74, 6) is 2.33. The molecule has 2 amide bonds. The number of amides is 2. The Morgan fingerprint density at radius 1 is 1.23 bits per heavy atom. The minimum Gasteiger partial charge on any atom is -0.493 e. The van der Waals surface area contributed by atoms with Crippen molar-refractivity contribution < 1.29 is 19.1 Å². The first-order valence-corrected chi connectivity index (χ1v) is 10.3. The highest BCUT2D eigenvalue weighted by Crippen LogP contribution is 2.39. The summed E-state index contributed by atoms with van der Waals surface area (Å²) in [5, 5.41) is 7.59. The number of rotatable bonds is 7. The van der Waals surface area contributed by atoms with Gasteiger partial charge in [0.25, 0.3) is 11.8 Å². The van der Waals surface area contributed by atoms with Crippen molar-refractivity contribution in [2.75, 3.05) is 26.8 Å². The molecule has 1 saturated carbocycles. The fraction of sp³-hybridized carbons (Fsp3) is 0.500. The van der Waals surface area contributed by atoms with Crippen molar-refractivity contribution in [3.8, 4) is 11.5 Å². The Morgan fingerprint density at radius 3 is 2.60 bits per heavy atom. The zero-order valence-corrected chi connectivity index (χ0v) is 17.4. The van der Waals surface area contributed by atoms with Crippen LogP contribution in [0.25, 0.3) is 0 Å². The van der Waals surface area contributed by atoms with Crippen LogP contribution >= 0.6 is 11.6 Å². The molecule has 0 atom stereocenters. The third-order valence-electron chi connectivity index (χ3n) is 5.47. The van der Waals surface area contributed by atoms with E-state index in [4.69, 9.17) is 26.8 Å². The average Bonchev–Trinajstić information content (AvgIpc) is 3.48. The molecule has 160 valence electrons. The summed E-state index contributed by atoms with van der Waals surface area (Å²) in [6, 6.07) is 3.09. The Balaban J connectivity index is 1.41. The van der Waals surface area contributed by atoms with Gasteiger partial charge in [-0.05, 0) is 37.8 Å². The van der Waals surface area contributed by atoms with Crippen LogP contribution in [0.15, 0.2) is 12.1 Å². The Labute approximate surface area is 178 Å². The molecule has 1 aromatic heterocycles. The topological polar surface area (TPSA) is 123 Å². The van der Waals surface area contributed by atoms with E-state index < -0.39 is 5.91 Å². The highest BCUT2D eigenvalue weighted by molar-refractivity contribution is 6.32. The summed E-state index contributed by atoms with van der Waals surface area (Å²) in [5.41, 5.74) is 5.51. The maximum atomic E-state index is 13.0. The second kappa shape index (κ2) is 8.51. The lowest BCUT2D eigenvalue weighted by atomic mass is 9.95. The number of ether oxygens (including phenoxy) is 2. The van der Waals surface area contributed by atoms with Gasteiger partial charge in [-0.15, -0.1) is 0 Å². The molecule has 30 heavy (non-hydrogen) atoms. The Kier molecular flexibility index (Phi) is 5.80. The van der Waals surface area contributed by atoms with Crippen molar-refractivity contribution in [2.45, 2.75) is 37.5 Å². The van der Waals surface area contributed by atoms with E-state index in [0.29, 0.717) is 24.6 Å². The molecule has 0 spiro atoms. The second-order valence-corrected chi connectivity index (χ2v) is 8.07. The predicted octanol–water partition coefficient (Wildman–Crippen LogP) is 2.23. The smallest absolute Gasteiger partial charge is 0.255 e. The van der Waals surface area contributed by atoms with Crippen molar-refractivity contribution >= 4 is 23.4 Å². The van der Waals surface area contributed by atoms with Crippen LogP contribution in [0.5, 0.6) is 11.5 Å². The fourth-order valence-corrected chi connectivity index (χ4v) is 3.93. The van der Waals surface area contributed by atoms with Crippen LogP contribution in [0, 0.1) is 0 Å². The molecule has 1 aromatic carbocycles. The molecule has 0 bridgehead atoms. The van der Waals surface area contributed by atoms with E-state index in [1.54, 1.807) is 11.0 Å². The largest absolute Gasteiger partial charge is 0.493 e. The normalized spacial score (nSPS) is 17.1. The number of likely N-dealkylation sites (tertiary alicyclic amines) is 1. The van der Waals surface area contributed by atoms with Crippen LogP contribution in [0.2, 0.25) is 5.02 Å². The molecule has 4 rings (SSSR count). The maximum Gasteiger partial charge on any atom is 0.255 e. The number of hydrogen-bond acceptors (Lipinski definition) is 6. The molecular formula is C20H24ClN5O4. The lowest BCUT2D eigenvalue weighted by Crippen LogP contribution is -2.38. The first kappa shape index (κ1) is 20.5. The third kappa shape index (κ3) is 4.35. The predicted molar refractivity (Wildman–Crippen MR) is 109 cm³/mol. The van der Waals surface area contributed by atoms with Gasteiger partial charge in [-0.2, -0.15) is 5.10 Å². The zero-order valence-electron chi connectivity index (χ0n) is 16.7. The van der Waals surface area contributed by atoms with E-state index in [9.17, 15) is 9.59 Å². The number of primary amides is 1. The molecule has 1 saturated heterocycles. The van der Waals surface area contributed by atoms with Crippen LogP contribution in [0.4, 0.5) is 0 Å². The summed E-state index contributed by atoms with van der Waals surface area (Å²) < 4.78 is 10.6. The molecule has 10 heteroatoms. The van der Waals surface area contributed by atoms with Crippen molar-refractivity contribution in [2.24, 2.45) is 5.73 Å². The van der Waals surface area contributed by atoms with Gasteiger partial charge < -0.3 is 20.1 Å². The number of halogens is 1. The van der Waals surface area contributed by atoms with Gasteiger partial charge in [-0.1, -0.05) is 11.6 Å². The number of carbonyl (C=O) groups excluding carboxylic acids is 2. The molecule has 9 nitrogen and oxygen atoms in total. The van der Waals surface area contributed by atoms with E-state index >= 15 is 0 Å². The van der Waals surface area contributed by atoms with E-state index in [1.807, 2.05) is 0 Å². The van der Waals surface area contributed by atoms with Crippen molar-refractivity contribution in [3.63, 3.8) is 0 Å². The Hall–Kier alpha value is -2.81. The van der Waals surface area contributed by atoms with Crippen LogP contribution in [-0.4, -0.2) is 58.7 Å². The number of nitrogens with two attached hydrogens (primary N) is 1. The number of hydrogen-bond donors (Lipinski definition) is 2. The number of piperidine rings is 1. The molecule has 2 aromatic rings. The van der Waals surface area contributed by atoms with Gasteiger partial charge in [-0.25, -0.2) is 4.98 Å². The lowest BCUT2D eigenvalue weighted by Gasteiger charge is -2.31. The molecule has 2 fully saturated rings. The van der Waals surface area contributed by atoms with Gasteiger partial charge in [0.15, 0.2) is 23.9 Å². The highest BCUT2D eigenvalue weighted by atomic mass is 35.5. The lowest BCUT2D eigenvalue weighted by molar-refractivity contribution is -0.119. The second-order valence-electron chi connectivity index (χ2n) is 7.66. The fourth-order valence-electron chi connectivity index (χ4n) is 3.66. The van der Waals surface area contributed by atoms with E-state index in [1.165, 1.54) is 26.0 Å². The van der Waals surface area contributed by atoms with Crippen LogP contribution in [0.3, 0.4) is 0 Å². The minimum atomic E-state index is -0.632. The van der Waals surface area contributed by atoms with Gasteiger partial charge in [0.2, 0.25) is 0 Å². The number of carbonyl (C=O) groups is 2. The average molecular weight is 434 g/mol. The third-order valence-corrected chi connectivity index (χ3v) is 5.75. The molecular weight excluding hydrogens is 410 g/mol. The zero-order chi connectivity index (χ0) is 21.3. The molecule has 3 N–H and O–H groups in total. The molecule has 2 aliphatic rings. The molecule has 0 radical (unpaired) electrons. The highest BCUT2D eigenvalue weighted by Gasteiger charge is 2.31. The van der Waals surface area contributed by atoms with Crippen molar-refractivity contribution in [1.82, 2.24) is 20.1 Å². The van der Waals surface area contributed by atoms with Gasteiger partial charge in [0, 0.05) is 30.5 Å². The van der Waals surface area contributed by atoms with Crippen molar-refractivity contribution in [3.05, 3.63) is 34.4 Å². The number of H-pyrrole nitrogens is 1. The van der Waals surface area contributed by atoms with Gasteiger partial charge in [0.1, 0.15) is 5.82 Å². The standard InChI is InChI=1S/C20H24ClN5O4/c1-29-15-9-13(8-14(21)17(15)30-10-16(22)27)20(28)26-6-4-12(5-7-26)19-23-18(24-25-19)11-2-3-11/h8-9,11-12H,2-7,10H2,1H3,(H2,22,27)(H,23,24,25). The first-order chi connectivity index (χ1) is 14.5. The molecule has 1 aliphatic carbocycles. The van der Waals surface area contributed by atoms with Crippen molar-refractivity contribution in [1.29, 1.82) is 0 Å². The summed E-state index contributed by atoms with van der Waals surface area (Å²) in [6.07, 6.45) is 3.97. The number of methoxy groups -OCH3 is 1. The SMILES string of the molecule is COc1cc(C(=O)N2CCC(c3nc(C4CC4)n[nH]3)CC2)cc(Cl)c1OCC(N)=O. The van der Waals surface area contributed by atoms with Gasteiger partial charge in [0.05, 0.1) is 12.1 Å². The van der Waals surface area contributed by atoms with Crippen LogP contribution < -0.4 is 15.2 Å². The summed E-state index contributed by atoms with van der Waals surface area (Å²) in [7, 11) is 1.44. The van der Waals surface area contributed by atoms with Gasteiger partial charge in [-0.3, -0.25) is 14.7 Å². The van der Waals surface area contributed by atoms with E-state index in [-0.39, 0.29) is 35.0 Å². The summed E-state index contributed by atoms with van der Waals surface area (Å²) in [6.45, 7) is 0.895. The monoisotopic (exact) mass is 433 g/mol. The summed E-state index contributed by atoms with van der Waals surface area (Å²) >= 11 is 6.27. The number of aromatic nitrogens is 3. The number of nitrogens with zero attached hydrogens (tertiary/aromatic N) is 3. The van der Waals surface area contributed by atoms with E-state index in [2.05, 4.69) is 15.2 Å². The Bertz CT molecular complexity index is 951. The minimum absolute atomic E-state index is 0.133. The number of aromatic amines is 1. The van der Waals surface area contributed by atoms with E-state index in [0.717, 1.165) is 24.5 Å². The molecule has 1 aliphatic heterocycles. The molecule has 0 unspecified atom stereocenters. The number of nitrogens with one attached hydrogen (secondary N) is 1. The van der Waals surface area contributed by atoms with Crippen LogP contribution in [-0.2, 0) is 4.79 Å².